The van der Waals surface area contributed by atoms with Crippen molar-refractivity contribution >= 4 is 0 Å². The Labute approximate surface area is 69.2 Å². The molecular formula is C9H10F2N+. The van der Waals surface area contributed by atoms with Gasteiger partial charge in [-0.2, -0.15) is 0 Å². The fourth-order valence-corrected chi connectivity index (χ4v) is 1.73. The van der Waals surface area contributed by atoms with Crippen LogP contribution >= 0.6 is 0 Å². The predicted molar refractivity (Wildman–Crippen MR) is 40.3 cm³/mol. The van der Waals surface area contributed by atoms with E-state index in [2.05, 4.69) is 5.73 Å². The highest BCUT2D eigenvalue weighted by molar-refractivity contribution is 5.34. The predicted octanol–water partition coefficient (Wildman–Crippen LogP) is 1.19. The average Bonchev–Trinajstić information content (AvgIpc) is 2.33. The number of hydrogen-bond acceptors (Lipinski definition) is 0. The van der Waals surface area contributed by atoms with Gasteiger partial charge in [-0.3, -0.25) is 0 Å². The zero-order chi connectivity index (χ0) is 8.72. The average molecular weight is 170 g/mol. The second kappa shape index (κ2) is 2.52. The Balaban J connectivity index is 2.60. The third kappa shape index (κ3) is 1.01. The van der Waals surface area contributed by atoms with Gasteiger partial charge in [-0.1, -0.05) is 0 Å². The second-order valence-corrected chi connectivity index (χ2v) is 3.19. The molecule has 1 aliphatic carbocycles. The number of fused-ring (bicyclic) bond motifs is 1. The lowest BCUT2D eigenvalue weighted by Gasteiger charge is -2.02. The SMILES string of the molecule is [NH3+][C@@H]1CCc2c(F)cc(F)cc21. The van der Waals surface area contributed by atoms with E-state index in [1.165, 1.54) is 6.07 Å². The molecule has 1 aliphatic rings. The summed E-state index contributed by atoms with van der Waals surface area (Å²) in [5.74, 6) is -0.919. The molecule has 1 atom stereocenters. The van der Waals surface area contributed by atoms with E-state index in [0.29, 0.717) is 12.0 Å². The molecule has 0 saturated carbocycles. The maximum absolute atomic E-state index is 13.1. The van der Waals surface area contributed by atoms with Crippen molar-refractivity contribution in [2.45, 2.75) is 18.9 Å². The third-order valence-corrected chi connectivity index (χ3v) is 2.38. The van der Waals surface area contributed by atoms with Crippen molar-refractivity contribution in [2.24, 2.45) is 0 Å². The first-order valence-corrected chi connectivity index (χ1v) is 3.99. The van der Waals surface area contributed by atoms with Gasteiger partial charge in [-0.15, -0.1) is 0 Å². The minimum Gasteiger partial charge on any atom is -0.351 e. The largest absolute Gasteiger partial charge is 0.351 e. The standard InChI is InChI=1S/C9H9F2N/c10-5-3-7-6(8(11)4-5)1-2-9(7)12/h3-4,9H,1-2,12H2/p+1/t9-/m1/s1. The van der Waals surface area contributed by atoms with Crippen molar-refractivity contribution in [2.75, 3.05) is 0 Å². The number of hydrogen-bond donors (Lipinski definition) is 1. The van der Waals surface area contributed by atoms with Gasteiger partial charge in [0.05, 0.1) is 0 Å². The molecule has 0 aliphatic heterocycles. The van der Waals surface area contributed by atoms with Gasteiger partial charge >= 0.3 is 0 Å². The normalized spacial score (nSPS) is 21.1. The van der Waals surface area contributed by atoms with Crippen molar-refractivity contribution in [3.8, 4) is 0 Å². The Morgan fingerprint density at radius 1 is 1.33 bits per heavy atom. The first-order valence-electron chi connectivity index (χ1n) is 3.99. The van der Waals surface area contributed by atoms with Crippen molar-refractivity contribution in [3.63, 3.8) is 0 Å². The van der Waals surface area contributed by atoms with E-state index in [9.17, 15) is 8.78 Å². The quantitative estimate of drug-likeness (QED) is 0.605. The lowest BCUT2D eigenvalue weighted by molar-refractivity contribution is -0.425. The first-order chi connectivity index (χ1) is 5.68. The Morgan fingerprint density at radius 3 is 2.83 bits per heavy atom. The zero-order valence-electron chi connectivity index (χ0n) is 6.61. The smallest absolute Gasteiger partial charge is 0.129 e. The fourth-order valence-electron chi connectivity index (χ4n) is 1.73. The molecule has 0 heterocycles. The Kier molecular flexibility index (Phi) is 1.61. The van der Waals surface area contributed by atoms with Gasteiger partial charge in [0.15, 0.2) is 0 Å². The maximum Gasteiger partial charge on any atom is 0.129 e. The van der Waals surface area contributed by atoms with Crippen LogP contribution < -0.4 is 5.73 Å². The van der Waals surface area contributed by atoms with Crippen LogP contribution in [-0.4, -0.2) is 0 Å². The molecule has 0 unspecified atom stereocenters. The van der Waals surface area contributed by atoms with Crippen molar-refractivity contribution in [1.29, 1.82) is 0 Å². The molecular weight excluding hydrogens is 160 g/mol. The summed E-state index contributed by atoms with van der Waals surface area (Å²) < 4.78 is 25.8. The molecule has 0 fully saturated rings. The van der Waals surface area contributed by atoms with Crippen LogP contribution in [0.5, 0.6) is 0 Å². The van der Waals surface area contributed by atoms with Crippen LogP contribution in [-0.2, 0) is 6.42 Å². The molecule has 1 aromatic rings. The van der Waals surface area contributed by atoms with Gasteiger partial charge in [0.25, 0.3) is 0 Å². The van der Waals surface area contributed by atoms with Crippen molar-refractivity contribution < 1.29 is 14.5 Å². The highest BCUT2D eigenvalue weighted by Crippen LogP contribution is 2.30. The van der Waals surface area contributed by atoms with Crippen LogP contribution in [0, 0.1) is 11.6 Å². The monoisotopic (exact) mass is 170 g/mol. The van der Waals surface area contributed by atoms with Gasteiger partial charge in [0.2, 0.25) is 0 Å². The first kappa shape index (κ1) is 7.68. The number of benzene rings is 1. The van der Waals surface area contributed by atoms with Gasteiger partial charge in [-0.25, -0.2) is 8.78 Å². The van der Waals surface area contributed by atoms with E-state index < -0.39 is 11.6 Å². The summed E-state index contributed by atoms with van der Waals surface area (Å²) >= 11 is 0. The molecule has 1 nitrogen and oxygen atoms in total. The van der Waals surface area contributed by atoms with Crippen LogP contribution in [0.4, 0.5) is 8.78 Å². The summed E-state index contributed by atoms with van der Waals surface area (Å²) in [5.41, 5.74) is 5.22. The van der Waals surface area contributed by atoms with Crippen LogP contribution in [0.25, 0.3) is 0 Å². The zero-order valence-corrected chi connectivity index (χ0v) is 6.61. The summed E-state index contributed by atoms with van der Waals surface area (Å²) in [6.07, 6.45) is 1.52. The molecule has 0 radical (unpaired) electrons. The van der Waals surface area contributed by atoms with Gasteiger partial charge in [0, 0.05) is 18.1 Å². The minimum absolute atomic E-state index is 0.0604. The molecule has 0 bridgehead atoms. The van der Waals surface area contributed by atoms with E-state index in [-0.39, 0.29) is 6.04 Å². The Bertz CT molecular complexity index is 323. The molecule has 2 rings (SSSR count). The van der Waals surface area contributed by atoms with E-state index in [1.807, 2.05) is 0 Å². The Morgan fingerprint density at radius 2 is 2.08 bits per heavy atom. The highest BCUT2D eigenvalue weighted by Gasteiger charge is 2.25. The lowest BCUT2D eigenvalue weighted by Crippen LogP contribution is -2.52. The molecule has 0 amide bonds. The molecule has 12 heavy (non-hydrogen) atoms. The molecule has 64 valence electrons. The number of halogens is 2. The number of rotatable bonds is 0. The van der Waals surface area contributed by atoms with Crippen LogP contribution in [0.1, 0.15) is 23.6 Å². The topological polar surface area (TPSA) is 27.6 Å². The molecule has 0 aromatic heterocycles. The van der Waals surface area contributed by atoms with E-state index in [0.717, 1.165) is 18.1 Å². The van der Waals surface area contributed by atoms with Crippen LogP contribution in [0.15, 0.2) is 12.1 Å². The Hall–Kier alpha value is -0.960. The molecule has 0 saturated heterocycles. The summed E-state index contributed by atoms with van der Waals surface area (Å²) in [4.78, 5) is 0. The van der Waals surface area contributed by atoms with Crippen LogP contribution in [0.2, 0.25) is 0 Å². The minimum atomic E-state index is -0.498. The lowest BCUT2D eigenvalue weighted by atomic mass is 10.1. The summed E-state index contributed by atoms with van der Waals surface area (Å²) in [6.45, 7) is 0. The molecule has 3 heteroatoms. The van der Waals surface area contributed by atoms with Crippen molar-refractivity contribution in [3.05, 3.63) is 34.9 Å². The maximum atomic E-state index is 13.1. The molecule has 1 aromatic carbocycles. The summed E-state index contributed by atoms with van der Waals surface area (Å²) in [6, 6.07) is 2.39. The highest BCUT2D eigenvalue weighted by atomic mass is 19.1. The van der Waals surface area contributed by atoms with E-state index in [1.54, 1.807) is 0 Å². The second-order valence-electron chi connectivity index (χ2n) is 3.19. The summed E-state index contributed by atoms with van der Waals surface area (Å²) in [5, 5.41) is 0. The fraction of sp³-hybridized carbons (Fsp3) is 0.333. The van der Waals surface area contributed by atoms with Gasteiger partial charge < -0.3 is 5.73 Å². The third-order valence-electron chi connectivity index (χ3n) is 2.38. The number of quaternary nitrogens is 1. The van der Waals surface area contributed by atoms with Gasteiger partial charge in [0.1, 0.15) is 17.7 Å². The van der Waals surface area contributed by atoms with Crippen molar-refractivity contribution in [1.82, 2.24) is 0 Å². The molecule has 3 N–H and O–H groups in total. The van der Waals surface area contributed by atoms with Gasteiger partial charge in [-0.05, 0) is 18.1 Å². The molecule has 0 spiro atoms. The summed E-state index contributed by atoms with van der Waals surface area (Å²) in [7, 11) is 0. The van der Waals surface area contributed by atoms with E-state index >= 15 is 0 Å². The van der Waals surface area contributed by atoms with Crippen LogP contribution in [0.3, 0.4) is 0 Å². The van der Waals surface area contributed by atoms with E-state index in [4.69, 9.17) is 0 Å².